The summed E-state index contributed by atoms with van der Waals surface area (Å²) in [5.41, 5.74) is 0.904. The lowest BCUT2D eigenvalue weighted by atomic mass is 9.86. The largest absolute Gasteiger partial charge is 0.444 e. The molecule has 4 rings (SSSR count). The van der Waals surface area contributed by atoms with E-state index in [0.29, 0.717) is 25.6 Å². The molecule has 2 fully saturated rings. The van der Waals surface area contributed by atoms with E-state index >= 15 is 0 Å². The first-order valence-electron chi connectivity index (χ1n) is 12.5. The molecule has 34 heavy (non-hydrogen) atoms. The molecule has 0 aromatic heterocycles. The summed E-state index contributed by atoms with van der Waals surface area (Å²) in [5, 5.41) is 0. The molecule has 2 atom stereocenters. The second kappa shape index (κ2) is 9.01. The summed E-state index contributed by atoms with van der Waals surface area (Å²) < 4.78 is 44.9. The smallest absolute Gasteiger partial charge is 0.416 e. The van der Waals surface area contributed by atoms with Crippen LogP contribution in [0.5, 0.6) is 0 Å². The molecule has 1 aromatic rings. The highest BCUT2D eigenvalue weighted by molar-refractivity contribution is 5.68. The van der Waals surface area contributed by atoms with Gasteiger partial charge in [-0.25, -0.2) is 4.79 Å². The summed E-state index contributed by atoms with van der Waals surface area (Å²) in [4.78, 5) is 19.3. The maximum Gasteiger partial charge on any atom is 0.416 e. The number of fused-ring (bicyclic) bond motifs is 1. The number of hydrogen-bond acceptors (Lipinski definition) is 4. The van der Waals surface area contributed by atoms with Crippen molar-refractivity contribution < 1.29 is 22.7 Å². The summed E-state index contributed by atoms with van der Waals surface area (Å²) in [6.07, 6.45) is -1.13. The first-order chi connectivity index (χ1) is 15.8. The molecule has 0 saturated carbocycles. The Morgan fingerprint density at radius 1 is 1.09 bits per heavy atom. The minimum absolute atomic E-state index is 0.0358. The summed E-state index contributed by atoms with van der Waals surface area (Å²) >= 11 is 0. The average molecular weight is 482 g/mol. The molecule has 190 valence electrons. The standard InChI is InChI=1S/C26H38F3N3O2/c1-18-17-31(25(5)10-12-30(13-11-25)23(33)34-24(2,3)4)14-15-32(18)22-9-6-19-16-20(26(27,28)29)7-8-21(19)22/h7-8,16,18,22H,6,9-15,17H2,1-5H3/t18-,22?/m0/s1. The Kier molecular flexibility index (Phi) is 6.70. The number of likely N-dealkylation sites (tertiary alicyclic amines) is 1. The van der Waals surface area contributed by atoms with E-state index in [0.717, 1.165) is 50.0 Å². The molecule has 3 aliphatic rings. The van der Waals surface area contributed by atoms with Crippen LogP contribution in [0.2, 0.25) is 0 Å². The fourth-order valence-corrected chi connectivity index (χ4v) is 5.85. The van der Waals surface area contributed by atoms with Gasteiger partial charge in [0.25, 0.3) is 0 Å². The molecular formula is C26H38F3N3O2. The number of piperazine rings is 1. The number of rotatable bonds is 2. The zero-order chi connectivity index (χ0) is 24.9. The molecule has 0 spiro atoms. The van der Waals surface area contributed by atoms with Crippen molar-refractivity contribution in [3.8, 4) is 0 Å². The highest BCUT2D eigenvalue weighted by atomic mass is 19.4. The average Bonchev–Trinajstić information content (AvgIpc) is 3.15. The SMILES string of the molecule is C[C@H]1CN(C2(C)CCN(C(=O)OC(C)(C)C)CC2)CCN1C1CCc2cc(C(F)(F)F)ccc21. The Bertz CT molecular complexity index is 904. The first-order valence-corrected chi connectivity index (χ1v) is 12.5. The molecule has 1 aromatic carbocycles. The molecule has 8 heteroatoms. The summed E-state index contributed by atoms with van der Waals surface area (Å²) in [6.45, 7) is 14.3. The van der Waals surface area contributed by atoms with Crippen LogP contribution >= 0.6 is 0 Å². The van der Waals surface area contributed by atoms with E-state index in [9.17, 15) is 18.0 Å². The van der Waals surface area contributed by atoms with E-state index in [1.165, 1.54) is 12.1 Å². The number of carbonyl (C=O) groups is 1. The van der Waals surface area contributed by atoms with Crippen LogP contribution in [0.15, 0.2) is 18.2 Å². The van der Waals surface area contributed by atoms with Crippen LogP contribution in [0.1, 0.15) is 76.6 Å². The number of carbonyl (C=O) groups excluding carboxylic acids is 1. The second-order valence-corrected chi connectivity index (χ2v) is 11.5. The van der Waals surface area contributed by atoms with E-state index in [4.69, 9.17) is 4.74 Å². The fraction of sp³-hybridized carbons (Fsp3) is 0.731. The van der Waals surface area contributed by atoms with Crippen molar-refractivity contribution >= 4 is 6.09 Å². The topological polar surface area (TPSA) is 36.0 Å². The van der Waals surface area contributed by atoms with Gasteiger partial charge in [0.1, 0.15) is 5.60 Å². The van der Waals surface area contributed by atoms with E-state index in [-0.39, 0.29) is 17.7 Å². The highest BCUT2D eigenvalue weighted by Crippen LogP contribution is 2.41. The third kappa shape index (κ3) is 5.23. The number of aryl methyl sites for hydroxylation is 1. The second-order valence-electron chi connectivity index (χ2n) is 11.5. The summed E-state index contributed by atoms with van der Waals surface area (Å²) in [6, 6.07) is 4.78. The van der Waals surface area contributed by atoms with Crippen molar-refractivity contribution in [1.82, 2.24) is 14.7 Å². The molecule has 2 heterocycles. The normalized spacial score (nSPS) is 26.4. The Hall–Kier alpha value is -1.80. The van der Waals surface area contributed by atoms with Gasteiger partial charge in [-0.3, -0.25) is 9.80 Å². The van der Waals surface area contributed by atoms with Gasteiger partial charge in [0, 0.05) is 50.3 Å². The van der Waals surface area contributed by atoms with Gasteiger partial charge in [0.2, 0.25) is 0 Å². The van der Waals surface area contributed by atoms with Crippen LogP contribution in [0.4, 0.5) is 18.0 Å². The van der Waals surface area contributed by atoms with Crippen molar-refractivity contribution in [2.45, 2.75) is 89.7 Å². The zero-order valence-corrected chi connectivity index (χ0v) is 21.0. The summed E-state index contributed by atoms with van der Waals surface area (Å²) in [5.74, 6) is 0. The van der Waals surface area contributed by atoms with Gasteiger partial charge in [-0.2, -0.15) is 13.2 Å². The first kappa shape index (κ1) is 25.3. The van der Waals surface area contributed by atoms with E-state index in [1.54, 1.807) is 6.07 Å². The quantitative estimate of drug-likeness (QED) is 0.560. The van der Waals surface area contributed by atoms with Crippen molar-refractivity contribution in [1.29, 1.82) is 0 Å². The predicted molar refractivity (Wildman–Crippen MR) is 126 cm³/mol. The number of hydrogen-bond donors (Lipinski definition) is 0. The van der Waals surface area contributed by atoms with E-state index in [1.807, 2.05) is 25.7 Å². The molecule has 0 N–H and O–H groups in total. The molecule has 0 bridgehead atoms. The number of alkyl halides is 3. The van der Waals surface area contributed by atoms with Crippen LogP contribution in [0.3, 0.4) is 0 Å². The number of ether oxygens (including phenoxy) is 1. The molecule has 1 amide bonds. The highest BCUT2D eigenvalue weighted by Gasteiger charge is 2.42. The van der Waals surface area contributed by atoms with Crippen LogP contribution < -0.4 is 0 Å². The van der Waals surface area contributed by atoms with E-state index < -0.39 is 17.3 Å². The van der Waals surface area contributed by atoms with E-state index in [2.05, 4.69) is 23.6 Å². The van der Waals surface area contributed by atoms with Crippen molar-refractivity contribution in [3.05, 3.63) is 34.9 Å². The van der Waals surface area contributed by atoms with Crippen molar-refractivity contribution in [2.24, 2.45) is 0 Å². The van der Waals surface area contributed by atoms with Crippen LogP contribution in [-0.2, 0) is 17.3 Å². The van der Waals surface area contributed by atoms with Gasteiger partial charge in [0.05, 0.1) is 5.56 Å². The third-order valence-corrected chi connectivity index (χ3v) is 7.85. The lowest BCUT2D eigenvalue weighted by Gasteiger charge is -2.52. The summed E-state index contributed by atoms with van der Waals surface area (Å²) in [7, 11) is 0. The molecule has 1 unspecified atom stereocenters. The molecule has 0 radical (unpaired) electrons. The number of halogens is 3. The predicted octanol–water partition coefficient (Wildman–Crippen LogP) is 5.49. The van der Waals surface area contributed by atoms with Gasteiger partial charge in [-0.1, -0.05) is 6.07 Å². The lowest BCUT2D eigenvalue weighted by Crippen LogP contribution is -2.62. The number of amides is 1. The van der Waals surface area contributed by atoms with Crippen molar-refractivity contribution in [3.63, 3.8) is 0 Å². The Morgan fingerprint density at radius 2 is 1.76 bits per heavy atom. The van der Waals surface area contributed by atoms with Crippen LogP contribution in [0.25, 0.3) is 0 Å². The molecular weight excluding hydrogens is 443 g/mol. The minimum atomic E-state index is -4.29. The maximum atomic E-state index is 13.1. The third-order valence-electron chi connectivity index (χ3n) is 7.85. The number of benzene rings is 1. The molecule has 2 saturated heterocycles. The Morgan fingerprint density at radius 3 is 2.35 bits per heavy atom. The Balaban J connectivity index is 1.36. The fourth-order valence-electron chi connectivity index (χ4n) is 5.85. The van der Waals surface area contributed by atoms with Gasteiger partial charge in [0.15, 0.2) is 0 Å². The lowest BCUT2D eigenvalue weighted by molar-refractivity contribution is -0.137. The monoisotopic (exact) mass is 481 g/mol. The minimum Gasteiger partial charge on any atom is -0.444 e. The van der Waals surface area contributed by atoms with Gasteiger partial charge in [-0.15, -0.1) is 0 Å². The maximum absolute atomic E-state index is 13.1. The number of nitrogens with zero attached hydrogens (tertiary/aromatic N) is 3. The van der Waals surface area contributed by atoms with Crippen LogP contribution in [-0.4, -0.2) is 70.7 Å². The van der Waals surface area contributed by atoms with Gasteiger partial charge < -0.3 is 9.64 Å². The Labute approximate surface area is 201 Å². The van der Waals surface area contributed by atoms with Gasteiger partial charge >= 0.3 is 12.3 Å². The van der Waals surface area contributed by atoms with Gasteiger partial charge in [-0.05, 0) is 83.6 Å². The molecule has 2 aliphatic heterocycles. The molecule has 1 aliphatic carbocycles. The number of piperidine rings is 1. The molecule has 5 nitrogen and oxygen atoms in total. The van der Waals surface area contributed by atoms with Crippen LogP contribution in [0, 0.1) is 0 Å². The van der Waals surface area contributed by atoms with Crippen molar-refractivity contribution in [2.75, 3.05) is 32.7 Å². The zero-order valence-electron chi connectivity index (χ0n) is 21.0.